The molecule has 4 heterocycles. The van der Waals surface area contributed by atoms with Gasteiger partial charge >= 0.3 is 11.9 Å². The number of fused-ring (bicyclic) bond motifs is 2. The molecular formula is C36H42O4S4. The topological polar surface area (TPSA) is 52.6 Å². The van der Waals surface area contributed by atoms with Crippen molar-refractivity contribution in [1.29, 1.82) is 0 Å². The molecule has 4 aromatic heterocycles. The van der Waals surface area contributed by atoms with E-state index in [-0.39, 0.29) is 11.9 Å². The van der Waals surface area contributed by atoms with Gasteiger partial charge < -0.3 is 9.47 Å². The first kappa shape index (κ1) is 32.9. The van der Waals surface area contributed by atoms with Crippen LogP contribution < -0.4 is 0 Å². The largest absolute Gasteiger partial charge is 0.461 e. The molecule has 0 spiro atoms. The molecule has 0 aliphatic heterocycles. The molecule has 0 aliphatic rings. The van der Waals surface area contributed by atoms with Crippen LogP contribution in [0, 0.1) is 11.8 Å². The van der Waals surface area contributed by atoms with Crippen LogP contribution in [0.25, 0.3) is 42.4 Å². The summed E-state index contributed by atoms with van der Waals surface area (Å²) in [5.41, 5.74) is 3.99. The van der Waals surface area contributed by atoms with Crippen molar-refractivity contribution in [1.82, 2.24) is 0 Å². The van der Waals surface area contributed by atoms with Crippen LogP contribution in [0.4, 0.5) is 0 Å². The van der Waals surface area contributed by atoms with Gasteiger partial charge in [0.25, 0.3) is 0 Å². The number of rotatable bonds is 16. The fraction of sp³-hybridized carbons (Fsp3) is 0.444. The highest BCUT2D eigenvalue weighted by atomic mass is 32.1. The average molecular weight is 667 g/mol. The molecule has 2 atom stereocenters. The smallest absolute Gasteiger partial charge is 0.348 e. The minimum absolute atomic E-state index is 0.241. The molecule has 0 aliphatic carbocycles. The second-order valence-corrected chi connectivity index (χ2v) is 15.1. The van der Waals surface area contributed by atoms with Crippen molar-refractivity contribution in [2.24, 2.45) is 11.8 Å². The lowest BCUT2D eigenvalue weighted by Gasteiger charge is -2.16. The summed E-state index contributed by atoms with van der Waals surface area (Å²) in [6.45, 7) is 9.65. The van der Waals surface area contributed by atoms with Crippen LogP contribution in [0.2, 0.25) is 0 Å². The second kappa shape index (κ2) is 15.7. The van der Waals surface area contributed by atoms with E-state index in [1.165, 1.54) is 22.7 Å². The van der Waals surface area contributed by atoms with Crippen LogP contribution in [-0.2, 0) is 9.47 Å². The summed E-state index contributed by atoms with van der Waals surface area (Å²) in [6.07, 6.45) is 8.79. The normalized spacial score (nSPS) is 13.0. The number of thiophene rings is 4. The van der Waals surface area contributed by atoms with Gasteiger partial charge in [-0.1, -0.05) is 66.2 Å². The Morgan fingerprint density at radius 3 is 1.41 bits per heavy atom. The van der Waals surface area contributed by atoms with E-state index in [1.54, 1.807) is 22.7 Å². The van der Waals surface area contributed by atoms with Crippen molar-refractivity contribution in [2.45, 2.75) is 79.1 Å². The minimum Gasteiger partial charge on any atom is -0.461 e. The number of ether oxygens (including phenoxy) is 2. The Morgan fingerprint density at radius 1 is 0.614 bits per heavy atom. The summed E-state index contributed by atoms with van der Waals surface area (Å²) in [6, 6.07) is 8.40. The fourth-order valence-corrected chi connectivity index (χ4v) is 9.36. The van der Waals surface area contributed by atoms with E-state index in [0.29, 0.717) is 34.8 Å². The monoisotopic (exact) mass is 666 g/mol. The van der Waals surface area contributed by atoms with Crippen molar-refractivity contribution in [3.63, 3.8) is 0 Å². The summed E-state index contributed by atoms with van der Waals surface area (Å²) in [5, 5.41) is 10.4. The molecule has 0 bridgehead atoms. The molecule has 0 saturated carbocycles. The third-order valence-corrected chi connectivity index (χ3v) is 12.2. The number of hydrogen-bond acceptors (Lipinski definition) is 8. The van der Waals surface area contributed by atoms with Crippen molar-refractivity contribution in [3.05, 3.63) is 55.5 Å². The Balaban J connectivity index is 1.49. The molecule has 0 saturated heterocycles. The van der Waals surface area contributed by atoms with E-state index in [2.05, 4.69) is 62.7 Å². The maximum atomic E-state index is 13.4. The third-order valence-electron chi connectivity index (χ3n) is 8.55. The Hall–Kier alpha value is -2.52. The maximum Gasteiger partial charge on any atom is 0.348 e. The number of hydrogen-bond donors (Lipinski definition) is 0. The van der Waals surface area contributed by atoms with Crippen molar-refractivity contribution in [3.8, 4) is 22.3 Å². The molecule has 44 heavy (non-hydrogen) atoms. The molecule has 8 heteroatoms. The first-order valence-electron chi connectivity index (χ1n) is 15.9. The van der Waals surface area contributed by atoms with E-state index in [1.807, 2.05) is 10.8 Å². The number of benzene rings is 1. The summed E-state index contributed by atoms with van der Waals surface area (Å²) >= 11 is 6.25. The van der Waals surface area contributed by atoms with E-state index in [0.717, 1.165) is 93.8 Å². The van der Waals surface area contributed by atoms with Gasteiger partial charge in [0.05, 0.1) is 13.2 Å². The molecule has 0 radical (unpaired) electrons. The minimum atomic E-state index is -0.241. The van der Waals surface area contributed by atoms with E-state index >= 15 is 0 Å². The molecule has 4 nitrogen and oxygen atoms in total. The molecular weight excluding hydrogens is 625 g/mol. The second-order valence-electron chi connectivity index (χ2n) is 11.4. The van der Waals surface area contributed by atoms with Gasteiger partial charge in [-0.15, -0.1) is 45.3 Å². The molecule has 2 unspecified atom stereocenters. The predicted molar refractivity (Wildman–Crippen MR) is 191 cm³/mol. The van der Waals surface area contributed by atoms with Gasteiger partial charge in [0.2, 0.25) is 0 Å². The van der Waals surface area contributed by atoms with Gasteiger partial charge in [-0.2, -0.15) is 0 Å². The van der Waals surface area contributed by atoms with Gasteiger partial charge in [-0.05, 0) is 70.5 Å². The van der Waals surface area contributed by atoms with Crippen LogP contribution in [0.5, 0.6) is 0 Å². The fourth-order valence-electron chi connectivity index (χ4n) is 5.82. The maximum absolute atomic E-state index is 13.4. The zero-order valence-electron chi connectivity index (χ0n) is 26.1. The Bertz CT molecular complexity index is 1520. The van der Waals surface area contributed by atoms with Crippen LogP contribution in [0.3, 0.4) is 0 Å². The molecule has 5 rings (SSSR count). The molecule has 0 N–H and O–H groups in total. The predicted octanol–water partition coefficient (Wildman–Crippen LogP) is 12.3. The summed E-state index contributed by atoms with van der Waals surface area (Å²) in [4.78, 5) is 28.2. The summed E-state index contributed by atoms with van der Waals surface area (Å²) < 4.78 is 14.0. The van der Waals surface area contributed by atoms with Gasteiger partial charge in [0.15, 0.2) is 0 Å². The zero-order chi connectivity index (χ0) is 31.1. The lowest BCUT2D eigenvalue weighted by atomic mass is 9.94. The first-order valence-corrected chi connectivity index (χ1v) is 19.4. The van der Waals surface area contributed by atoms with Crippen molar-refractivity contribution in [2.75, 3.05) is 13.2 Å². The van der Waals surface area contributed by atoms with Crippen LogP contribution in [0.15, 0.2) is 45.8 Å². The number of unbranched alkanes of at least 4 members (excludes halogenated alkanes) is 2. The van der Waals surface area contributed by atoms with E-state index < -0.39 is 0 Å². The third kappa shape index (κ3) is 6.99. The van der Waals surface area contributed by atoms with E-state index in [9.17, 15) is 9.59 Å². The molecule has 0 fully saturated rings. The number of carbonyl (C=O) groups is 2. The highest BCUT2D eigenvalue weighted by Crippen LogP contribution is 2.50. The molecule has 234 valence electrons. The van der Waals surface area contributed by atoms with Gasteiger partial charge in [0.1, 0.15) is 9.75 Å². The highest BCUT2D eigenvalue weighted by Gasteiger charge is 2.27. The Labute approximate surface area is 277 Å². The van der Waals surface area contributed by atoms with Gasteiger partial charge in [-0.3, -0.25) is 0 Å². The molecule has 0 amide bonds. The van der Waals surface area contributed by atoms with Crippen molar-refractivity contribution < 1.29 is 19.1 Å². The number of esters is 2. The summed E-state index contributed by atoms with van der Waals surface area (Å²) in [5.74, 6) is 0.304. The van der Waals surface area contributed by atoms with Crippen molar-refractivity contribution >= 4 is 77.5 Å². The van der Waals surface area contributed by atoms with Gasteiger partial charge in [-0.25, -0.2) is 9.59 Å². The van der Waals surface area contributed by atoms with Crippen LogP contribution in [-0.4, -0.2) is 25.2 Å². The molecule has 1 aromatic carbocycles. The standard InChI is InChI=1S/C36H42O4S4/c1-5-9-11-23(7-3)21-39-35(37)33-27(15-19-43-33)29-25-13-17-42-32(25)30(26-14-18-41-31(26)29)28-16-20-44-34(28)36(38)40-22-24(8-4)12-10-6-2/h13-20,23-24H,5-12,21-22H2,1-4H3. The lowest BCUT2D eigenvalue weighted by Crippen LogP contribution is -2.14. The Morgan fingerprint density at radius 2 is 1.02 bits per heavy atom. The van der Waals surface area contributed by atoms with Crippen LogP contribution in [0.1, 0.15) is 98.4 Å². The SMILES string of the molecule is CCCCC(CC)COC(=O)c1sccc1-c1c2ccsc2c(-c2ccsc2C(=O)OCC(CC)CCCC)c2ccsc12. The Kier molecular flexibility index (Phi) is 11.7. The van der Waals surface area contributed by atoms with Crippen LogP contribution >= 0.6 is 45.3 Å². The first-order chi connectivity index (χ1) is 21.5. The highest BCUT2D eigenvalue weighted by molar-refractivity contribution is 7.20. The van der Waals surface area contributed by atoms with Gasteiger partial charge in [0, 0.05) is 42.4 Å². The zero-order valence-corrected chi connectivity index (χ0v) is 29.4. The average Bonchev–Trinajstić information content (AvgIpc) is 3.87. The molecule has 5 aromatic rings. The number of carbonyl (C=O) groups excluding carboxylic acids is 2. The summed E-state index contributed by atoms with van der Waals surface area (Å²) in [7, 11) is 0. The van der Waals surface area contributed by atoms with E-state index in [4.69, 9.17) is 9.47 Å². The quantitative estimate of drug-likeness (QED) is 0.0984. The lowest BCUT2D eigenvalue weighted by molar-refractivity contribution is 0.0426.